The third kappa shape index (κ3) is 4.30. The highest BCUT2D eigenvalue weighted by atomic mass is 16.5. The summed E-state index contributed by atoms with van der Waals surface area (Å²) in [7, 11) is 2.03. The van der Waals surface area contributed by atoms with Crippen molar-refractivity contribution >= 4 is 6.03 Å². The Balaban J connectivity index is 1.34. The minimum absolute atomic E-state index is 0.0231. The van der Waals surface area contributed by atoms with Crippen molar-refractivity contribution in [2.24, 2.45) is 0 Å². The van der Waals surface area contributed by atoms with E-state index in [9.17, 15) is 4.79 Å². The topological polar surface area (TPSA) is 83.3 Å². The van der Waals surface area contributed by atoms with Crippen molar-refractivity contribution in [2.75, 3.05) is 13.6 Å². The van der Waals surface area contributed by atoms with Crippen LogP contribution in [0.5, 0.6) is 0 Å². The summed E-state index contributed by atoms with van der Waals surface area (Å²) in [4.78, 5) is 19.0. The average Bonchev–Trinajstić information content (AvgIpc) is 3.30. The molecule has 0 unspecified atom stereocenters. The number of likely N-dealkylation sites (tertiary alicyclic amines) is 1. The van der Waals surface area contributed by atoms with Gasteiger partial charge in [-0.1, -0.05) is 54.8 Å². The highest BCUT2D eigenvalue weighted by molar-refractivity contribution is 5.74. The van der Waals surface area contributed by atoms with Crippen LogP contribution in [0.4, 0.5) is 4.79 Å². The molecule has 0 spiro atoms. The summed E-state index contributed by atoms with van der Waals surface area (Å²) in [6, 6.07) is 10.2. The van der Waals surface area contributed by atoms with Gasteiger partial charge in [0.2, 0.25) is 11.7 Å². The number of aromatic nitrogens is 2. The number of urea groups is 1. The standard InChI is InChI=1S/C20H27N5O2/c1-25-13-16(22-20(26)21-15-10-6-3-7-11-15)12-17(25)19-23-18(24-27-19)14-8-4-2-5-9-14/h2,4-5,8-9,15-17H,3,6-7,10-13H2,1H3,(H2,21,22,26)/t16-,17-/m0/s1. The molecule has 7 nitrogen and oxygen atoms in total. The zero-order valence-corrected chi connectivity index (χ0v) is 15.7. The quantitative estimate of drug-likeness (QED) is 0.865. The van der Waals surface area contributed by atoms with Crippen LogP contribution in [0, 0.1) is 0 Å². The Morgan fingerprint density at radius 1 is 1.11 bits per heavy atom. The van der Waals surface area contributed by atoms with Crippen molar-refractivity contribution < 1.29 is 9.32 Å². The lowest BCUT2D eigenvalue weighted by Gasteiger charge is -2.24. The number of nitrogens with zero attached hydrogens (tertiary/aromatic N) is 3. The number of benzene rings is 1. The van der Waals surface area contributed by atoms with Crippen molar-refractivity contribution in [1.29, 1.82) is 0 Å². The van der Waals surface area contributed by atoms with Gasteiger partial charge in [0.05, 0.1) is 6.04 Å². The fourth-order valence-corrected chi connectivity index (χ4v) is 4.13. The molecule has 4 rings (SSSR count). The Labute approximate surface area is 159 Å². The summed E-state index contributed by atoms with van der Waals surface area (Å²) >= 11 is 0. The smallest absolute Gasteiger partial charge is 0.315 e. The number of carbonyl (C=O) groups is 1. The molecule has 144 valence electrons. The molecule has 1 aromatic heterocycles. The van der Waals surface area contributed by atoms with Crippen LogP contribution in [-0.4, -0.2) is 46.7 Å². The van der Waals surface area contributed by atoms with Crippen molar-refractivity contribution in [3.8, 4) is 11.4 Å². The minimum Gasteiger partial charge on any atom is -0.337 e. The monoisotopic (exact) mass is 369 g/mol. The summed E-state index contributed by atoms with van der Waals surface area (Å²) in [5.41, 5.74) is 0.940. The largest absolute Gasteiger partial charge is 0.337 e. The van der Waals surface area contributed by atoms with Gasteiger partial charge in [-0.05, 0) is 26.3 Å². The summed E-state index contributed by atoms with van der Waals surface area (Å²) in [5, 5.41) is 10.4. The first-order valence-corrected chi connectivity index (χ1v) is 9.85. The van der Waals surface area contributed by atoms with Gasteiger partial charge in [0.1, 0.15) is 0 Å². The predicted octanol–water partition coefficient (Wildman–Crippen LogP) is 3.11. The Kier molecular flexibility index (Phi) is 5.38. The van der Waals surface area contributed by atoms with Crippen LogP contribution in [0.15, 0.2) is 34.9 Å². The fourth-order valence-electron chi connectivity index (χ4n) is 4.13. The zero-order valence-electron chi connectivity index (χ0n) is 15.7. The molecule has 2 fully saturated rings. The van der Waals surface area contributed by atoms with Crippen molar-refractivity contribution in [3.05, 3.63) is 36.2 Å². The Hall–Kier alpha value is -2.41. The molecule has 2 aliphatic rings. The van der Waals surface area contributed by atoms with Crippen molar-refractivity contribution in [3.63, 3.8) is 0 Å². The van der Waals surface area contributed by atoms with E-state index in [0.717, 1.165) is 31.4 Å². The number of likely N-dealkylation sites (N-methyl/N-ethyl adjacent to an activating group) is 1. The third-order valence-corrected chi connectivity index (χ3v) is 5.58. The molecule has 1 saturated heterocycles. The molecule has 1 saturated carbocycles. The van der Waals surface area contributed by atoms with E-state index in [2.05, 4.69) is 25.7 Å². The summed E-state index contributed by atoms with van der Waals surface area (Å²) in [6.45, 7) is 0.770. The Morgan fingerprint density at radius 2 is 1.85 bits per heavy atom. The normalized spacial score (nSPS) is 24.0. The molecule has 1 aromatic carbocycles. The number of hydrogen-bond donors (Lipinski definition) is 2. The van der Waals surface area contributed by atoms with Gasteiger partial charge in [0.25, 0.3) is 0 Å². The highest BCUT2D eigenvalue weighted by Crippen LogP contribution is 2.31. The Morgan fingerprint density at radius 3 is 2.63 bits per heavy atom. The van der Waals surface area contributed by atoms with Crippen molar-refractivity contribution in [1.82, 2.24) is 25.7 Å². The second-order valence-electron chi connectivity index (χ2n) is 7.66. The molecule has 2 heterocycles. The maximum absolute atomic E-state index is 12.3. The van der Waals surface area contributed by atoms with E-state index >= 15 is 0 Å². The van der Waals surface area contributed by atoms with Crippen LogP contribution in [0.3, 0.4) is 0 Å². The van der Waals surface area contributed by atoms with E-state index < -0.39 is 0 Å². The predicted molar refractivity (Wildman–Crippen MR) is 102 cm³/mol. The molecule has 1 aliphatic carbocycles. The number of amides is 2. The molecule has 1 aliphatic heterocycles. The first-order valence-electron chi connectivity index (χ1n) is 9.85. The Bertz CT molecular complexity index is 757. The maximum Gasteiger partial charge on any atom is 0.315 e. The molecule has 27 heavy (non-hydrogen) atoms. The van der Waals surface area contributed by atoms with Crippen LogP contribution < -0.4 is 10.6 Å². The molecular weight excluding hydrogens is 342 g/mol. The molecule has 2 N–H and O–H groups in total. The van der Waals surface area contributed by atoms with Crippen LogP contribution in [-0.2, 0) is 0 Å². The summed E-state index contributed by atoms with van der Waals surface area (Å²) < 4.78 is 5.52. The molecule has 0 bridgehead atoms. The lowest BCUT2D eigenvalue weighted by molar-refractivity contribution is 0.228. The van der Waals surface area contributed by atoms with Gasteiger partial charge in [0, 0.05) is 24.2 Å². The number of nitrogens with one attached hydrogen (secondary N) is 2. The lowest BCUT2D eigenvalue weighted by atomic mass is 9.96. The van der Waals surface area contributed by atoms with Gasteiger partial charge >= 0.3 is 6.03 Å². The maximum atomic E-state index is 12.3. The summed E-state index contributed by atoms with van der Waals surface area (Å²) in [6.07, 6.45) is 6.64. The van der Waals surface area contributed by atoms with Gasteiger partial charge < -0.3 is 15.2 Å². The van der Waals surface area contributed by atoms with E-state index in [-0.39, 0.29) is 18.1 Å². The zero-order chi connectivity index (χ0) is 18.6. The second-order valence-corrected chi connectivity index (χ2v) is 7.66. The second kappa shape index (κ2) is 8.08. The highest BCUT2D eigenvalue weighted by Gasteiger charge is 2.35. The van der Waals surface area contributed by atoms with Gasteiger partial charge in [-0.25, -0.2) is 4.79 Å². The van der Waals surface area contributed by atoms with Gasteiger partial charge in [-0.15, -0.1) is 0 Å². The van der Waals surface area contributed by atoms with E-state index in [1.807, 2.05) is 37.4 Å². The van der Waals surface area contributed by atoms with Gasteiger partial charge in [0.15, 0.2) is 0 Å². The molecule has 0 radical (unpaired) electrons. The third-order valence-electron chi connectivity index (χ3n) is 5.58. The SMILES string of the molecule is CN1C[C@@H](NC(=O)NC2CCCCC2)C[C@H]1c1nc(-c2ccccc2)no1. The molecule has 7 heteroatoms. The van der Waals surface area contributed by atoms with Crippen LogP contribution in [0.25, 0.3) is 11.4 Å². The number of rotatable bonds is 4. The number of hydrogen-bond acceptors (Lipinski definition) is 5. The molecule has 2 aromatic rings. The first kappa shape index (κ1) is 18.0. The molecule has 2 amide bonds. The van der Waals surface area contributed by atoms with E-state index in [4.69, 9.17) is 4.52 Å². The van der Waals surface area contributed by atoms with E-state index in [0.29, 0.717) is 17.8 Å². The van der Waals surface area contributed by atoms with Gasteiger partial charge in [-0.3, -0.25) is 4.90 Å². The molecule has 2 atom stereocenters. The number of carbonyl (C=O) groups excluding carboxylic acids is 1. The van der Waals surface area contributed by atoms with E-state index in [1.165, 1.54) is 19.3 Å². The van der Waals surface area contributed by atoms with E-state index in [1.54, 1.807) is 0 Å². The lowest BCUT2D eigenvalue weighted by Crippen LogP contribution is -2.47. The van der Waals surface area contributed by atoms with Crippen LogP contribution in [0.2, 0.25) is 0 Å². The van der Waals surface area contributed by atoms with Crippen molar-refractivity contribution in [2.45, 2.75) is 56.7 Å². The van der Waals surface area contributed by atoms with Gasteiger partial charge in [-0.2, -0.15) is 4.98 Å². The van der Waals surface area contributed by atoms with Crippen LogP contribution in [0.1, 0.15) is 50.5 Å². The average molecular weight is 369 g/mol. The minimum atomic E-state index is -0.0588. The fraction of sp³-hybridized carbons (Fsp3) is 0.550. The summed E-state index contributed by atoms with van der Waals surface area (Å²) in [5.74, 6) is 1.21. The first-order chi connectivity index (χ1) is 13.2. The molecular formula is C20H27N5O2. The van der Waals surface area contributed by atoms with Crippen LogP contribution >= 0.6 is 0 Å².